The first-order valence-corrected chi connectivity index (χ1v) is 10.8. The highest BCUT2D eigenvalue weighted by Gasteiger charge is 2.35. The summed E-state index contributed by atoms with van der Waals surface area (Å²) in [5.41, 5.74) is -1.22. The van der Waals surface area contributed by atoms with Gasteiger partial charge in [-0.15, -0.1) is 11.8 Å². The van der Waals surface area contributed by atoms with E-state index in [1.165, 1.54) is 29.6 Å². The maximum absolute atomic E-state index is 13.6. The van der Waals surface area contributed by atoms with Gasteiger partial charge in [0.1, 0.15) is 0 Å². The van der Waals surface area contributed by atoms with Crippen molar-refractivity contribution in [2.45, 2.75) is 30.7 Å². The van der Waals surface area contributed by atoms with Crippen LogP contribution >= 0.6 is 35.0 Å². The predicted octanol–water partition coefficient (Wildman–Crippen LogP) is 6.90. The van der Waals surface area contributed by atoms with Gasteiger partial charge < -0.3 is 5.32 Å². The van der Waals surface area contributed by atoms with E-state index in [9.17, 15) is 35.9 Å². The number of carbonyl (C=O) groups is 2. The van der Waals surface area contributed by atoms with Crippen molar-refractivity contribution in [1.29, 1.82) is 0 Å². The number of hydrogen-bond donors (Lipinski definition) is 1. The lowest BCUT2D eigenvalue weighted by atomic mass is 10.0. The Labute approximate surface area is 199 Å². The number of halogens is 8. The van der Waals surface area contributed by atoms with E-state index < -0.39 is 36.2 Å². The first kappa shape index (κ1) is 27.1. The normalized spacial score (nSPS) is 13.2. The summed E-state index contributed by atoms with van der Waals surface area (Å²) >= 11 is 12.4. The van der Waals surface area contributed by atoms with E-state index in [0.717, 1.165) is 23.9 Å². The summed E-state index contributed by atoms with van der Waals surface area (Å²) in [4.78, 5) is 24.5. The summed E-state index contributed by atoms with van der Waals surface area (Å²) in [5, 5.41) is 1.43. The fraction of sp³-hybridized carbons (Fsp3) is 0.238. The number of rotatable bonds is 8. The van der Waals surface area contributed by atoms with Crippen LogP contribution in [0.15, 0.2) is 47.4 Å². The van der Waals surface area contributed by atoms with Crippen molar-refractivity contribution >= 4 is 52.2 Å². The van der Waals surface area contributed by atoms with E-state index in [0.29, 0.717) is 16.5 Å². The number of nitrogens with one attached hydrogen (secondary N) is 1. The van der Waals surface area contributed by atoms with Gasteiger partial charge in [0.05, 0.1) is 11.3 Å². The monoisotopic (exact) mass is 529 g/mol. The van der Waals surface area contributed by atoms with Gasteiger partial charge in [-0.1, -0.05) is 23.2 Å². The van der Waals surface area contributed by atoms with E-state index in [4.69, 9.17) is 23.2 Å². The molecule has 0 spiro atoms. The van der Waals surface area contributed by atoms with E-state index in [2.05, 4.69) is 0 Å². The Bertz CT molecular complexity index is 1050. The summed E-state index contributed by atoms with van der Waals surface area (Å²) in [5.74, 6) is -2.28. The Morgan fingerprint density at radius 3 is 2.15 bits per heavy atom. The fourth-order valence-corrected chi connectivity index (χ4v) is 3.97. The second-order valence-electron chi connectivity index (χ2n) is 6.65. The molecule has 2 rings (SSSR count). The van der Waals surface area contributed by atoms with Crippen molar-refractivity contribution in [1.82, 2.24) is 5.32 Å². The molecule has 0 aliphatic rings. The zero-order chi connectivity index (χ0) is 24.9. The molecule has 2 aromatic carbocycles. The lowest BCUT2D eigenvalue weighted by molar-refractivity contribution is -0.122. The van der Waals surface area contributed by atoms with Gasteiger partial charge in [-0.25, -0.2) is 13.2 Å². The summed E-state index contributed by atoms with van der Waals surface area (Å²) < 4.78 is 77.9. The maximum Gasteiger partial charge on any atom is 0.417 e. The molecule has 0 aliphatic heterocycles. The van der Waals surface area contributed by atoms with Gasteiger partial charge in [0.25, 0.3) is 6.43 Å². The molecule has 1 N–H and O–H groups in total. The third-order valence-corrected chi connectivity index (χ3v) is 5.70. The van der Waals surface area contributed by atoms with Crippen molar-refractivity contribution < 1.29 is 35.9 Å². The quantitative estimate of drug-likeness (QED) is 0.133. The van der Waals surface area contributed by atoms with Crippen LogP contribution in [-0.4, -0.2) is 36.3 Å². The molecule has 12 heteroatoms. The van der Waals surface area contributed by atoms with Gasteiger partial charge in [0, 0.05) is 20.5 Å². The first-order chi connectivity index (χ1) is 15.3. The molecule has 0 aliphatic carbocycles. The molecule has 0 saturated heterocycles. The first-order valence-electron chi connectivity index (χ1n) is 9.02. The highest BCUT2D eigenvalue weighted by Crippen LogP contribution is 2.36. The highest BCUT2D eigenvalue weighted by molar-refractivity contribution is 8.00. The minimum Gasteiger partial charge on any atom is -0.321 e. The third-order valence-electron chi connectivity index (χ3n) is 4.09. The van der Waals surface area contributed by atoms with E-state index >= 15 is 0 Å². The summed E-state index contributed by atoms with van der Waals surface area (Å²) in [6.45, 7) is 1.54. The van der Waals surface area contributed by atoms with Crippen LogP contribution in [-0.2, 0) is 4.79 Å². The summed E-state index contributed by atoms with van der Waals surface area (Å²) in [6, 6.07) is 7.27. The Hall–Kier alpha value is -2.17. The Morgan fingerprint density at radius 2 is 1.64 bits per heavy atom. The second kappa shape index (κ2) is 11.3. The number of alkyl halides is 6. The number of ketones is 1. The van der Waals surface area contributed by atoms with Crippen LogP contribution in [0.2, 0.25) is 10.0 Å². The van der Waals surface area contributed by atoms with Crippen LogP contribution in [0.1, 0.15) is 21.5 Å². The molecule has 178 valence electrons. The molecular formula is C21H15Cl2F6NO2S. The predicted molar refractivity (Wildman–Crippen MR) is 116 cm³/mol. The molecule has 1 unspecified atom stereocenters. The molecule has 0 bridgehead atoms. The minimum atomic E-state index is -4.87. The fourth-order valence-electron chi connectivity index (χ4n) is 2.62. The van der Waals surface area contributed by atoms with Crippen LogP contribution in [0.5, 0.6) is 0 Å². The minimum absolute atomic E-state index is 0.0333. The third kappa shape index (κ3) is 7.97. The molecule has 0 radical (unpaired) electrons. The number of carbonyl (C=O) groups excluding carboxylic acids is 2. The molecule has 0 aromatic heterocycles. The molecule has 2 aromatic rings. The van der Waals surface area contributed by atoms with Crippen molar-refractivity contribution in [2.24, 2.45) is 0 Å². The van der Waals surface area contributed by atoms with Crippen LogP contribution in [0.25, 0.3) is 5.57 Å². The zero-order valence-corrected chi connectivity index (χ0v) is 19.0. The Morgan fingerprint density at radius 1 is 1.03 bits per heavy atom. The van der Waals surface area contributed by atoms with Crippen LogP contribution < -0.4 is 5.32 Å². The van der Waals surface area contributed by atoms with Gasteiger partial charge in [-0.05, 0) is 60.5 Å². The number of thioether (sulfide) groups is 1. The Kier molecular flexibility index (Phi) is 9.28. The Balaban J connectivity index is 2.22. The van der Waals surface area contributed by atoms with E-state index in [1.54, 1.807) is 6.92 Å². The highest BCUT2D eigenvalue weighted by atomic mass is 35.5. The van der Waals surface area contributed by atoms with E-state index in [-0.39, 0.29) is 26.9 Å². The number of aryl methyl sites for hydroxylation is 1. The van der Waals surface area contributed by atoms with Crippen molar-refractivity contribution in [3.63, 3.8) is 0 Å². The number of hydrogen-bond acceptors (Lipinski definition) is 3. The van der Waals surface area contributed by atoms with Gasteiger partial charge in [-0.2, -0.15) is 13.2 Å². The van der Waals surface area contributed by atoms with Crippen LogP contribution in [0, 0.1) is 6.92 Å². The van der Waals surface area contributed by atoms with Gasteiger partial charge >= 0.3 is 6.18 Å². The molecule has 1 atom stereocenters. The topological polar surface area (TPSA) is 46.2 Å². The molecule has 0 heterocycles. The maximum atomic E-state index is 13.6. The standard InChI is InChI=1S/C21H15Cl2F6NO2S/c1-10-4-11(2-3-17(10)33-9-18(32)30-20(26)19(24)25)16(31)8-15(21(27,28)29)12-5-13(22)7-14(23)6-12/h2-8,19-20H,9H2,1H3,(H,30,32). The van der Waals surface area contributed by atoms with E-state index in [1.807, 2.05) is 0 Å². The second-order valence-corrected chi connectivity index (χ2v) is 8.54. The summed E-state index contributed by atoms with van der Waals surface area (Å²) in [7, 11) is 0. The molecule has 0 saturated carbocycles. The smallest absolute Gasteiger partial charge is 0.321 e. The average Bonchev–Trinajstić information content (AvgIpc) is 2.69. The summed E-state index contributed by atoms with van der Waals surface area (Å²) in [6.07, 6.45) is -10.6. The zero-order valence-electron chi connectivity index (χ0n) is 16.7. The molecule has 0 fully saturated rings. The van der Waals surface area contributed by atoms with Gasteiger partial charge in [0.15, 0.2) is 5.78 Å². The number of allylic oxidation sites excluding steroid dienone is 2. The molecule has 33 heavy (non-hydrogen) atoms. The van der Waals surface area contributed by atoms with Crippen molar-refractivity contribution in [3.05, 3.63) is 69.2 Å². The SMILES string of the molecule is Cc1cc(C(=O)C=C(c2cc(Cl)cc(Cl)c2)C(F)(F)F)ccc1SCC(=O)NC(F)C(F)F. The molecular weight excluding hydrogens is 515 g/mol. The van der Waals surface area contributed by atoms with Gasteiger partial charge in [0.2, 0.25) is 12.2 Å². The molecule has 1 amide bonds. The average molecular weight is 530 g/mol. The lowest BCUT2D eigenvalue weighted by Crippen LogP contribution is -2.37. The largest absolute Gasteiger partial charge is 0.417 e. The molecule has 3 nitrogen and oxygen atoms in total. The number of amides is 1. The van der Waals surface area contributed by atoms with Crippen molar-refractivity contribution in [2.75, 3.05) is 5.75 Å². The van der Waals surface area contributed by atoms with Crippen LogP contribution in [0.4, 0.5) is 26.3 Å². The lowest BCUT2D eigenvalue weighted by Gasteiger charge is -2.13. The van der Waals surface area contributed by atoms with Crippen LogP contribution in [0.3, 0.4) is 0 Å². The van der Waals surface area contributed by atoms with Crippen molar-refractivity contribution in [3.8, 4) is 0 Å². The van der Waals surface area contributed by atoms with Gasteiger partial charge in [-0.3, -0.25) is 9.59 Å². The number of benzene rings is 2.